The zero-order chi connectivity index (χ0) is 12.0. The van der Waals surface area contributed by atoms with Gasteiger partial charge in [0, 0.05) is 24.8 Å². The van der Waals surface area contributed by atoms with Gasteiger partial charge in [0.05, 0.1) is 14.2 Å². The second-order valence-corrected chi connectivity index (χ2v) is 3.36. The molecule has 0 atom stereocenters. The Balaban J connectivity index is 2.98. The predicted molar refractivity (Wildman–Crippen MR) is 67.2 cm³/mol. The average Bonchev–Trinajstić information content (AvgIpc) is 2.32. The zero-order valence-electron chi connectivity index (χ0n) is 10.4. The van der Waals surface area contributed by atoms with Crippen LogP contribution in [0.25, 0.3) is 0 Å². The van der Waals surface area contributed by atoms with E-state index in [1.54, 1.807) is 14.2 Å². The van der Waals surface area contributed by atoms with Crippen LogP contribution in [-0.2, 0) is 4.84 Å². The third-order valence-electron chi connectivity index (χ3n) is 2.53. The summed E-state index contributed by atoms with van der Waals surface area (Å²) in [6, 6.07) is 6.02. The third kappa shape index (κ3) is 2.79. The van der Waals surface area contributed by atoms with Crippen LogP contribution in [-0.4, -0.2) is 27.3 Å². The SMILES string of the molecule is CCN(CC)c1ccc(NOC)c(OC)c1. The molecule has 0 unspecified atom stereocenters. The summed E-state index contributed by atoms with van der Waals surface area (Å²) in [5, 5.41) is 0. The molecule has 1 aromatic rings. The van der Waals surface area contributed by atoms with E-state index >= 15 is 0 Å². The molecule has 0 bridgehead atoms. The minimum Gasteiger partial charge on any atom is -0.494 e. The zero-order valence-corrected chi connectivity index (χ0v) is 10.4. The highest BCUT2D eigenvalue weighted by Gasteiger charge is 2.07. The topological polar surface area (TPSA) is 33.7 Å². The van der Waals surface area contributed by atoms with Crippen molar-refractivity contribution in [1.82, 2.24) is 0 Å². The molecule has 0 aliphatic rings. The molecular formula is C12H20N2O2. The minimum absolute atomic E-state index is 0.784. The minimum atomic E-state index is 0.784. The second-order valence-electron chi connectivity index (χ2n) is 3.36. The van der Waals surface area contributed by atoms with Crippen molar-refractivity contribution in [2.45, 2.75) is 13.8 Å². The molecule has 0 radical (unpaired) electrons. The van der Waals surface area contributed by atoms with Crippen molar-refractivity contribution in [2.75, 3.05) is 37.7 Å². The number of ether oxygens (including phenoxy) is 1. The summed E-state index contributed by atoms with van der Waals surface area (Å²) in [4.78, 5) is 7.14. The second kappa shape index (κ2) is 6.23. The molecule has 0 spiro atoms. The number of hydrogen-bond donors (Lipinski definition) is 1. The molecule has 0 heterocycles. The van der Waals surface area contributed by atoms with Gasteiger partial charge in [-0.25, -0.2) is 0 Å². The van der Waals surface area contributed by atoms with Crippen LogP contribution in [0.2, 0.25) is 0 Å². The highest BCUT2D eigenvalue weighted by atomic mass is 16.6. The quantitative estimate of drug-likeness (QED) is 0.753. The first-order valence-corrected chi connectivity index (χ1v) is 5.48. The summed E-state index contributed by atoms with van der Waals surface area (Å²) in [5.41, 5.74) is 4.78. The number of nitrogens with zero attached hydrogens (tertiary/aromatic N) is 1. The van der Waals surface area contributed by atoms with E-state index in [1.165, 1.54) is 0 Å². The lowest BCUT2D eigenvalue weighted by molar-refractivity contribution is 0.268. The van der Waals surface area contributed by atoms with Crippen molar-refractivity contribution in [3.05, 3.63) is 18.2 Å². The molecule has 1 aromatic carbocycles. The molecule has 0 aromatic heterocycles. The monoisotopic (exact) mass is 224 g/mol. The fourth-order valence-corrected chi connectivity index (χ4v) is 1.66. The summed E-state index contributed by atoms with van der Waals surface area (Å²) in [6.45, 7) is 6.24. The number of benzene rings is 1. The van der Waals surface area contributed by atoms with Gasteiger partial charge in [0.25, 0.3) is 0 Å². The van der Waals surface area contributed by atoms with Crippen molar-refractivity contribution < 1.29 is 9.57 Å². The first kappa shape index (κ1) is 12.6. The van der Waals surface area contributed by atoms with Crippen LogP contribution in [0.3, 0.4) is 0 Å². The van der Waals surface area contributed by atoms with Gasteiger partial charge >= 0.3 is 0 Å². The average molecular weight is 224 g/mol. The van der Waals surface area contributed by atoms with E-state index in [9.17, 15) is 0 Å². The van der Waals surface area contributed by atoms with Crippen LogP contribution in [0.5, 0.6) is 5.75 Å². The number of hydrogen-bond acceptors (Lipinski definition) is 4. The van der Waals surface area contributed by atoms with Gasteiger partial charge < -0.3 is 9.64 Å². The van der Waals surface area contributed by atoms with Crippen LogP contribution in [0.15, 0.2) is 18.2 Å². The van der Waals surface area contributed by atoms with Gasteiger partial charge in [0.15, 0.2) is 0 Å². The van der Waals surface area contributed by atoms with E-state index in [0.29, 0.717) is 0 Å². The molecule has 0 saturated heterocycles. The summed E-state index contributed by atoms with van der Waals surface area (Å²) < 4.78 is 5.31. The molecule has 0 saturated carbocycles. The van der Waals surface area contributed by atoms with Crippen LogP contribution < -0.4 is 15.1 Å². The Kier molecular flexibility index (Phi) is 4.92. The number of anilines is 2. The third-order valence-corrected chi connectivity index (χ3v) is 2.53. The van der Waals surface area contributed by atoms with Gasteiger partial charge in [-0.15, -0.1) is 0 Å². The van der Waals surface area contributed by atoms with Crippen molar-refractivity contribution >= 4 is 11.4 Å². The normalized spacial score (nSPS) is 10.0. The van der Waals surface area contributed by atoms with E-state index in [4.69, 9.17) is 9.57 Å². The first-order valence-electron chi connectivity index (χ1n) is 5.48. The fraction of sp³-hybridized carbons (Fsp3) is 0.500. The van der Waals surface area contributed by atoms with Crippen molar-refractivity contribution in [2.24, 2.45) is 0 Å². The van der Waals surface area contributed by atoms with E-state index in [-0.39, 0.29) is 0 Å². The molecule has 0 aliphatic heterocycles. The van der Waals surface area contributed by atoms with Gasteiger partial charge in [0.1, 0.15) is 11.4 Å². The highest BCUT2D eigenvalue weighted by molar-refractivity contribution is 5.63. The molecule has 0 aliphatic carbocycles. The number of nitrogens with one attached hydrogen (secondary N) is 1. The predicted octanol–water partition coefficient (Wildman–Crippen LogP) is 2.51. The Hall–Kier alpha value is -1.42. The Morgan fingerprint density at radius 3 is 2.38 bits per heavy atom. The maximum atomic E-state index is 5.31. The summed E-state index contributed by atoms with van der Waals surface area (Å²) in [7, 11) is 3.24. The van der Waals surface area contributed by atoms with Crippen LogP contribution in [0, 0.1) is 0 Å². The summed E-state index contributed by atoms with van der Waals surface area (Å²) in [5.74, 6) is 0.784. The molecule has 4 heteroatoms. The summed E-state index contributed by atoms with van der Waals surface area (Å²) in [6.07, 6.45) is 0. The number of rotatable bonds is 6. The smallest absolute Gasteiger partial charge is 0.146 e. The standard InChI is InChI=1S/C12H20N2O2/c1-5-14(6-2)10-7-8-11(13-16-4)12(9-10)15-3/h7-9,13H,5-6H2,1-4H3. The summed E-state index contributed by atoms with van der Waals surface area (Å²) >= 11 is 0. The lowest BCUT2D eigenvalue weighted by Gasteiger charge is -2.22. The largest absolute Gasteiger partial charge is 0.494 e. The molecule has 1 N–H and O–H groups in total. The Bertz CT molecular complexity index is 325. The van der Waals surface area contributed by atoms with E-state index in [2.05, 4.69) is 30.3 Å². The number of methoxy groups -OCH3 is 1. The van der Waals surface area contributed by atoms with Crippen molar-refractivity contribution in [3.8, 4) is 5.75 Å². The van der Waals surface area contributed by atoms with Gasteiger partial charge in [0.2, 0.25) is 0 Å². The maximum Gasteiger partial charge on any atom is 0.146 e. The molecule has 0 amide bonds. The molecule has 0 fully saturated rings. The van der Waals surface area contributed by atoms with E-state index in [1.807, 2.05) is 12.1 Å². The first-order chi connectivity index (χ1) is 7.76. The van der Waals surface area contributed by atoms with Crippen LogP contribution >= 0.6 is 0 Å². The van der Waals surface area contributed by atoms with Gasteiger partial charge in [-0.2, -0.15) is 0 Å². The molecule has 1 rings (SSSR count). The fourth-order valence-electron chi connectivity index (χ4n) is 1.66. The van der Waals surface area contributed by atoms with Gasteiger partial charge in [-0.05, 0) is 26.0 Å². The Morgan fingerprint density at radius 2 is 1.88 bits per heavy atom. The molecule has 4 nitrogen and oxygen atoms in total. The van der Waals surface area contributed by atoms with Crippen molar-refractivity contribution in [3.63, 3.8) is 0 Å². The Labute approximate surface area is 97.1 Å². The maximum absolute atomic E-state index is 5.31. The van der Waals surface area contributed by atoms with Crippen molar-refractivity contribution in [1.29, 1.82) is 0 Å². The Morgan fingerprint density at radius 1 is 1.19 bits per heavy atom. The van der Waals surface area contributed by atoms with Gasteiger partial charge in [-0.3, -0.25) is 10.3 Å². The lowest BCUT2D eigenvalue weighted by atomic mass is 10.2. The highest BCUT2D eigenvalue weighted by Crippen LogP contribution is 2.29. The van der Waals surface area contributed by atoms with Crippen LogP contribution in [0.4, 0.5) is 11.4 Å². The van der Waals surface area contributed by atoms with Gasteiger partial charge in [-0.1, -0.05) is 0 Å². The molecule has 90 valence electrons. The van der Waals surface area contributed by atoms with Crippen LogP contribution in [0.1, 0.15) is 13.8 Å². The van der Waals surface area contributed by atoms with E-state index in [0.717, 1.165) is 30.2 Å². The molecule has 16 heavy (non-hydrogen) atoms. The molecular weight excluding hydrogens is 204 g/mol. The lowest BCUT2D eigenvalue weighted by Crippen LogP contribution is -2.21. The van der Waals surface area contributed by atoms with E-state index < -0.39 is 0 Å².